The van der Waals surface area contributed by atoms with Crippen LogP contribution < -0.4 is 15.4 Å². The zero-order chi connectivity index (χ0) is 24.5. The number of aromatic nitrogens is 1. The van der Waals surface area contributed by atoms with Crippen LogP contribution in [0, 0.1) is 6.92 Å². The second kappa shape index (κ2) is 10.8. The Hall–Kier alpha value is -2.85. The molecule has 1 aromatic heterocycles. The molecule has 6 nitrogen and oxygen atoms in total. The van der Waals surface area contributed by atoms with Crippen LogP contribution in [0.4, 0.5) is 20.2 Å². The largest absolute Gasteiger partial charge is 0.435 e. The van der Waals surface area contributed by atoms with Crippen molar-refractivity contribution >= 4 is 56.3 Å². The molecule has 0 spiro atoms. The third-order valence-corrected chi connectivity index (χ3v) is 7.19. The van der Waals surface area contributed by atoms with Crippen molar-refractivity contribution < 1.29 is 21.9 Å². The van der Waals surface area contributed by atoms with E-state index in [1.54, 1.807) is 13.1 Å². The van der Waals surface area contributed by atoms with Crippen LogP contribution in [0.2, 0.25) is 5.02 Å². The van der Waals surface area contributed by atoms with E-state index in [4.69, 9.17) is 11.6 Å². The number of alkyl halides is 2. The lowest BCUT2D eigenvalue weighted by atomic mass is 10.1. The summed E-state index contributed by atoms with van der Waals surface area (Å²) < 4.78 is 57.9. The van der Waals surface area contributed by atoms with Crippen molar-refractivity contribution in [3.05, 3.63) is 83.0 Å². The van der Waals surface area contributed by atoms with Crippen LogP contribution in [0.15, 0.2) is 71.8 Å². The average molecular weight is 542 g/mol. The minimum absolute atomic E-state index is 0. The summed E-state index contributed by atoms with van der Waals surface area (Å²) in [6.45, 7) is -0.691. The Bertz CT molecular complexity index is 1460. The van der Waals surface area contributed by atoms with Crippen molar-refractivity contribution in [3.63, 3.8) is 0 Å². The number of fused-ring (bicyclic) bond motifs is 1. The summed E-state index contributed by atoms with van der Waals surface area (Å²) in [6.07, 6.45) is 1.53. The van der Waals surface area contributed by atoms with E-state index in [1.807, 2.05) is 37.3 Å². The number of nitrogens with one attached hydrogen (secondary N) is 2. The molecular weight excluding hydrogens is 519 g/mol. The average Bonchev–Trinajstić information content (AvgIpc) is 3.14. The first-order valence-electron chi connectivity index (χ1n) is 10.3. The fraction of sp³-hybridized carbons (Fsp3) is 0.167. The second-order valence-electron chi connectivity index (χ2n) is 7.68. The number of ether oxygens (including phenoxy) is 1. The maximum Gasteiger partial charge on any atom is 0.387 e. The van der Waals surface area contributed by atoms with Gasteiger partial charge in [-0.25, -0.2) is 12.4 Å². The van der Waals surface area contributed by atoms with E-state index >= 15 is 0 Å². The zero-order valence-electron chi connectivity index (χ0n) is 18.8. The lowest BCUT2D eigenvalue weighted by Crippen LogP contribution is -2.13. The monoisotopic (exact) mass is 541 g/mol. The lowest BCUT2D eigenvalue weighted by Gasteiger charge is -2.12. The molecule has 2 N–H and O–H groups in total. The predicted molar refractivity (Wildman–Crippen MR) is 137 cm³/mol. The fourth-order valence-corrected chi connectivity index (χ4v) is 5.38. The molecule has 4 rings (SSSR count). The van der Waals surface area contributed by atoms with Crippen molar-refractivity contribution in [1.82, 2.24) is 9.29 Å². The Labute approximate surface area is 213 Å². The van der Waals surface area contributed by atoms with E-state index < -0.39 is 16.6 Å². The Morgan fingerprint density at radius 2 is 1.86 bits per heavy atom. The molecule has 4 aromatic rings. The molecule has 186 valence electrons. The number of halogens is 4. The molecule has 1 heterocycles. The summed E-state index contributed by atoms with van der Waals surface area (Å²) >= 11 is 6.34. The first-order chi connectivity index (χ1) is 16.2. The maximum absolute atomic E-state index is 13.5. The van der Waals surface area contributed by atoms with E-state index in [9.17, 15) is 17.2 Å². The highest BCUT2D eigenvalue weighted by Gasteiger charge is 2.22. The van der Waals surface area contributed by atoms with Gasteiger partial charge in [-0.15, -0.1) is 12.4 Å². The Kier molecular flexibility index (Phi) is 8.27. The molecule has 0 aliphatic heterocycles. The summed E-state index contributed by atoms with van der Waals surface area (Å²) in [5.74, 6) is -0.237. The highest BCUT2D eigenvalue weighted by molar-refractivity contribution is 7.90. The van der Waals surface area contributed by atoms with Crippen LogP contribution >= 0.6 is 24.0 Å². The minimum Gasteiger partial charge on any atom is -0.435 e. The van der Waals surface area contributed by atoms with Gasteiger partial charge < -0.3 is 15.4 Å². The smallest absolute Gasteiger partial charge is 0.387 e. The minimum atomic E-state index is -4.11. The van der Waals surface area contributed by atoms with Gasteiger partial charge >= 0.3 is 6.61 Å². The second-order valence-corrected chi connectivity index (χ2v) is 9.90. The van der Waals surface area contributed by atoms with Gasteiger partial charge in [-0.05, 0) is 61.5 Å². The molecule has 0 aliphatic carbocycles. The van der Waals surface area contributed by atoms with E-state index in [0.29, 0.717) is 28.5 Å². The number of aryl methyl sites for hydroxylation is 1. The highest BCUT2D eigenvalue weighted by Crippen LogP contribution is 2.32. The van der Waals surface area contributed by atoms with Crippen LogP contribution in [0.5, 0.6) is 5.75 Å². The van der Waals surface area contributed by atoms with Crippen LogP contribution in [0.25, 0.3) is 10.9 Å². The summed E-state index contributed by atoms with van der Waals surface area (Å²) in [5.41, 5.74) is 3.53. The summed E-state index contributed by atoms with van der Waals surface area (Å²) in [5, 5.41) is 7.53. The number of rotatable bonds is 8. The first kappa shape index (κ1) is 26.7. The molecule has 0 bridgehead atoms. The maximum atomic E-state index is 13.5. The van der Waals surface area contributed by atoms with Gasteiger partial charge in [0.05, 0.1) is 21.1 Å². The van der Waals surface area contributed by atoms with Crippen LogP contribution in [-0.4, -0.2) is 26.0 Å². The normalized spacial score (nSPS) is 11.5. The molecule has 3 aromatic carbocycles. The van der Waals surface area contributed by atoms with E-state index in [2.05, 4.69) is 15.4 Å². The molecule has 35 heavy (non-hydrogen) atoms. The Balaban J connectivity index is 0.00000342. The number of anilines is 2. The summed E-state index contributed by atoms with van der Waals surface area (Å²) in [6, 6.07) is 16.0. The molecule has 0 saturated heterocycles. The third-order valence-electron chi connectivity index (χ3n) is 5.21. The molecule has 11 heteroatoms. The molecular formula is C24H23Cl2F2N3O3S. The third kappa shape index (κ3) is 5.70. The molecule has 0 atom stereocenters. The van der Waals surface area contributed by atoms with Crippen LogP contribution in [0.1, 0.15) is 11.1 Å². The van der Waals surface area contributed by atoms with Gasteiger partial charge in [0, 0.05) is 29.9 Å². The Morgan fingerprint density at radius 3 is 2.54 bits per heavy atom. The lowest BCUT2D eigenvalue weighted by molar-refractivity contribution is -0.0499. The van der Waals surface area contributed by atoms with Crippen molar-refractivity contribution in [2.75, 3.05) is 12.4 Å². The van der Waals surface area contributed by atoms with Gasteiger partial charge in [0.2, 0.25) is 0 Å². The fourth-order valence-electron chi connectivity index (χ4n) is 3.68. The molecule has 0 fully saturated rings. The molecule has 0 aliphatic rings. The number of benzene rings is 3. The molecule has 0 radical (unpaired) electrons. The Morgan fingerprint density at radius 1 is 1.09 bits per heavy atom. The van der Waals surface area contributed by atoms with Crippen LogP contribution in [0.3, 0.4) is 0 Å². The van der Waals surface area contributed by atoms with Gasteiger partial charge in [-0.1, -0.05) is 29.8 Å². The van der Waals surface area contributed by atoms with Crippen molar-refractivity contribution in [1.29, 1.82) is 0 Å². The molecule has 0 amide bonds. The molecule has 0 unspecified atom stereocenters. The van der Waals surface area contributed by atoms with Crippen molar-refractivity contribution in [2.24, 2.45) is 0 Å². The number of nitrogens with zero attached hydrogens (tertiary/aromatic N) is 1. The first-order valence-corrected chi connectivity index (χ1v) is 12.1. The van der Waals surface area contributed by atoms with Crippen LogP contribution in [-0.2, 0) is 16.6 Å². The van der Waals surface area contributed by atoms with Crippen molar-refractivity contribution in [2.45, 2.75) is 25.0 Å². The van der Waals surface area contributed by atoms with Gasteiger partial charge in [0.1, 0.15) is 5.75 Å². The number of hydrogen-bond donors (Lipinski definition) is 2. The summed E-state index contributed by atoms with van der Waals surface area (Å²) in [7, 11) is -2.35. The van der Waals surface area contributed by atoms with Gasteiger partial charge in [-0.3, -0.25) is 0 Å². The quantitative estimate of drug-likeness (QED) is 0.273. The summed E-state index contributed by atoms with van der Waals surface area (Å²) in [4.78, 5) is -0.168. The van der Waals surface area contributed by atoms with E-state index in [-0.39, 0.29) is 23.1 Å². The number of hydrogen-bond acceptors (Lipinski definition) is 5. The van der Waals surface area contributed by atoms with Gasteiger partial charge in [0.25, 0.3) is 10.0 Å². The van der Waals surface area contributed by atoms with Gasteiger partial charge in [0.15, 0.2) is 0 Å². The predicted octanol–water partition coefficient (Wildman–Crippen LogP) is 6.33. The van der Waals surface area contributed by atoms with E-state index in [0.717, 1.165) is 26.6 Å². The molecule has 0 saturated carbocycles. The standard InChI is InChI=1S/C24H22ClF2N3O3S.ClH/c1-15-6-9-22(21(25)10-15)29-17-7-8-20-16(13-28-2)14-30(23(20)11-17)34(31,32)19-5-3-4-18(12-19)33-24(26)27;/h3-12,14,24,28-29H,13H2,1-2H3;1H. The highest BCUT2D eigenvalue weighted by atomic mass is 35.5. The zero-order valence-corrected chi connectivity index (χ0v) is 21.1. The van der Waals surface area contributed by atoms with Crippen molar-refractivity contribution in [3.8, 4) is 5.75 Å². The van der Waals surface area contributed by atoms with Gasteiger partial charge in [-0.2, -0.15) is 8.78 Å². The SMILES string of the molecule is CNCc1cn(S(=O)(=O)c2cccc(OC(F)F)c2)c2cc(Nc3ccc(C)cc3Cl)ccc12.Cl. The van der Waals surface area contributed by atoms with E-state index in [1.165, 1.54) is 24.4 Å². The topological polar surface area (TPSA) is 72.4 Å².